The van der Waals surface area contributed by atoms with E-state index in [2.05, 4.69) is 4.98 Å². The van der Waals surface area contributed by atoms with E-state index < -0.39 is 11.8 Å². The van der Waals surface area contributed by atoms with Gasteiger partial charge in [-0.25, -0.2) is 30.9 Å². The van der Waals surface area contributed by atoms with Gasteiger partial charge < -0.3 is 9.47 Å². The quantitative estimate of drug-likeness (QED) is 0.356. The summed E-state index contributed by atoms with van der Waals surface area (Å²) >= 11 is 0. The molecule has 0 bridgehead atoms. The molecule has 1 heterocycles. The molecular formula is C22H24FN5O3. The van der Waals surface area contributed by atoms with Gasteiger partial charge in [0.2, 0.25) is 5.88 Å². The summed E-state index contributed by atoms with van der Waals surface area (Å²) < 4.78 is 25.1. The number of aryl methyl sites for hydroxylation is 1. The van der Waals surface area contributed by atoms with Gasteiger partial charge in [0.05, 0.1) is 18.5 Å². The molecule has 0 atom stereocenters. The third kappa shape index (κ3) is 4.73. The number of para-hydroxylation sites is 1. The smallest absolute Gasteiger partial charge is 0.352 e. The number of halogens is 1. The average Bonchev–Trinajstić information content (AvgIpc) is 2.77. The number of urea groups is 1. The first-order valence-electron chi connectivity index (χ1n) is 9.42. The minimum atomic E-state index is -0.579. The van der Waals surface area contributed by atoms with E-state index in [9.17, 15) is 9.18 Å². The van der Waals surface area contributed by atoms with Crippen LogP contribution in [0.15, 0.2) is 54.6 Å². The highest BCUT2D eigenvalue weighted by molar-refractivity contribution is 5.91. The van der Waals surface area contributed by atoms with Gasteiger partial charge in [-0.05, 0) is 36.8 Å². The molecule has 2 amide bonds. The van der Waals surface area contributed by atoms with Crippen LogP contribution in [0.25, 0.3) is 11.3 Å². The number of carbonyl (C=O) groups is 1. The van der Waals surface area contributed by atoms with Gasteiger partial charge in [0.1, 0.15) is 6.61 Å². The Balaban J connectivity index is 1.88. The summed E-state index contributed by atoms with van der Waals surface area (Å²) in [5, 5.41) is 1.86. The number of anilines is 1. The molecule has 0 aliphatic heterocycles. The molecule has 0 unspecified atom stereocenters. The number of hydrogen-bond donors (Lipinski definition) is 2. The molecule has 162 valence electrons. The summed E-state index contributed by atoms with van der Waals surface area (Å²) in [6, 6.07) is 14.6. The number of benzene rings is 2. The highest BCUT2D eigenvalue weighted by atomic mass is 19.1. The average molecular weight is 425 g/mol. The first kappa shape index (κ1) is 22.0. The maximum Gasteiger partial charge on any atom is 0.352 e. The van der Waals surface area contributed by atoms with Gasteiger partial charge >= 0.3 is 6.03 Å². The Kier molecular flexibility index (Phi) is 6.68. The Morgan fingerprint density at radius 3 is 2.52 bits per heavy atom. The third-order valence-corrected chi connectivity index (χ3v) is 4.69. The lowest BCUT2D eigenvalue weighted by Gasteiger charge is -2.24. The van der Waals surface area contributed by atoms with Gasteiger partial charge in [-0.15, -0.1) is 0 Å². The molecule has 0 radical (unpaired) electrons. The van der Waals surface area contributed by atoms with Gasteiger partial charge in [0.25, 0.3) is 0 Å². The fourth-order valence-electron chi connectivity index (χ4n) is 3.08. The van der Waals surface area contributed by atoms with Gasteiger partial charge in [-0.3, -0.25) is 5.01 Å². The van der Waals surface area contributed by atoms with Crippen LogP contribution in [0, 0.1) is 12.7 Å². The zero-order valence-corrected chi connectivity index (χ0v) is 17.5. The molecule has 0 aliphatic carbocycles. The fourth-order valence-corrected chi connectivity index (χ4v) is 3.08. The van der Waals surface area contributed by atoms with Gasteiger partial charge in [0, 0.05) is 24.2 Å². The first-order chi connectivity index (χ1) is 14.8. The summed E-state index contributed by atoms with van der Waals surface area (Å²) in [5.41, 5.74) is 3.05. The van der Waals surface area contributed by atoms with Crippen molar-refractivity contribution in [2.75, 3.05) is 19.2 Å². The van der Waals surface area contributed by atoms with Crippen molar-refractivity contribution >= 4 is 11.7 Å². The Morgan fingerprint density at radius 2 is 1.81 bits per heavy atom. The summed E-state index contributed by atoms with van der Waals surface area (Å²) in [4.78, 5) is 16.6. The summed E-state index contributed by atoms with van der Waals surface area (Å²) in [6.07, 6.45) is 0. The van der Waals surface area contributed by atoms with Crippen LogP contribution < -0.4 is 26.2 Å². The molecule has 31 heavy (non-hydrogen) atoms. The highest BCUT2D eigenvalue weighted by Crippen LogP contribution is 2.32. The minimum absolute atomic E-state index is 0.105. The van der Waals surface area contributed by atoms with E-state index in [1.807, 2.05) is 13.0 Å². The van der Waals surface area contributed by atoms with Crippen LogP contribution in [-0.2, 0) is 6.61 Å². The number of hydrogen-bond acceptors (Lipinski definition) is 6. The van der Waals surface area contributed by atoms with Crippen molar-refractivity contribution in [3.8, 4) is 22.9 Å². The Morgan fingerprint density at radius 1 is 1.10 bits per heavy atom. The molecule has 1 aromatic heterocycles. The zero-order chi connectivity index (χ0) is 22.5. The molecule has 0 saturated heterocycles. The maximum absolute atomic E-state index is 14.1. The molecule has 9 heteroatoms. The largest absolute Gasteiger partial charge is 0.493 e. The van der Waals surface area contributed by atoms with Gasteiger partial charge in [-0.1, -0.05) is 24.3 Å². The second-order valence-electron chi connectivity index (χ2n) is 6.81. The molecule has 0 fully saturated rings. The first-order valence-corrected chi connectivity index (χ1v) is 9.42. The molecule has 8 nitrogen and oxygen atoms in total. The van der Waals surface area contributed by atoms with E-state index in [0.29, 0.717) is 28.4 Å². The Bertz CT molecular complexity index is 1090. The van der Waals surface area contributed by atoms with Gasteiger partial charge in [-0.2, -0.15) is 0 Å². The lowest BCUT2D eigenvalue weighted by molar-refractivity contribution is 0.216. The molecule has 0 saturated carbocycles. The van der Waals surface area contributed by atoms with Crippen molar-refractivity contribution in [3.05, 3.63) is 71.5 Å². The molecule has 4 N–H and O–H groups in total. The normalized spacial score (nSPS) is 10.5. The number of nitrogens with two attached hydrogens (primary N) is 2. The van der Waals surface area contributed by atoms with Crippen molar-refractivity contribution < 1.29 is 18.7 Å². The summed E-state index contributed by atoms with van der Waals surface area (Å²) in [6.45, 7) is 1.99. The van der Waals surface area contributed by atoms with Crippen LogP contribution in [-0.4, -0.2) is 30.2 Å². The van der Waals surface area contributed by atoms with E-state index in [1.165, 1.54) is 20.2 Å². The standard InChI is InChI=1S/C22H24FN5O3/c1-14-7-4-11-19(28(25)22(29)27(2)24)16(14)13-31-20-12-6-10-18(26-20)15-8-5-9-17(23)21(15)30-3/h4-12H,13,24-25H2,1-3H3. The zero-order valence-electron chi connectivity index (χ0n) is 17.5. The summed E-state index contributed by atoms with van der Waals surface area (Å²) in [5.74, 6) is 11.4. The number of rotatable bonds is 6. The number of carbonyl (C=O) groups excluding carboxylic acids is 1. The number of ether oxygens (including phenoxy) is 2. The lowest BCUT2D eigenvalue weighted by atomic mass is 10.1. The van der Waals surface area contributed by atoms with Crippen molar-refractivity contribution in [2.45, 2.75) is 13.5 Å². The third-order valence-electron chi connectivity index (χ3n) is 4.69. The van der Waals surface area contributed by atoms with Crippen molar-refractivity contribution in [1.29, 1.82) is 0 Å². The van der Waals surface area contributed by atoms with Crippen molar-refractivity contribution in [2.24, 2.45) is 11.7 Å². The molecular weight excluding hydrogens is 401 g/mol. The Hall–Kier alpha value is -3.69. The predicted octanol–water partition coefficient (Wildman–Crippen LogP) is 3.39. The fraction of sp³-hybridized carbons (Fsp3) is 0.182. The number of aromatic nitrogens is 1. The minimum Gasteiger partial charge on any atom is -0.493 e. The molecule has 3 rings (SSSR count). The van der Waals surface area contributed by atoms with E-state index in [1.54, 1.807) is 42.5 Å². The predicted molar refractivity (Wildman–Crippen MR) is 116 cm³/mol. The van der Waals surface area contributed by atoms with Crippen LogP contribution in [0.3, 0.4) is 0 Å². The number of pyridine rings is 1. The van der Waals surface area contributed by atoms with Crippen LogP contribution >= 0.6 is 0 Å². The highest BCUT2D eigenvalue weighted by Gasteiger charge is 2.19. The van der Waals surface area contributed by atoms with Gasteiger partial charge in [0.15, 0.2) is 11.6 Å². The molecule has 2 aromatic carbocycles. The molecule has 3 aromatic rings. The Labute approximate surface area is 179 Å². The second-order valence-corrected chi connectivity index (χ2v) is 6.81. The monoisotopic (exact) mass is 425 g/mol. The van der Waals surface area contributed by atoms with Crippen molar-refractivity contribution in [3.63, 3.8) is 0 Å². The van der Waals surface area contributed by atoms with E-state index >= 15 is 0 Å². The van der Waals surface area contributed by atoms with Crippen LogP contribution in [0.4, 0.5) is 14.9 Å². The van der Waals surface area contributed by atoms with E-state index in [-0.39, 0.29) is 12.4 Å². The van der Waals surface area contributed by atoms with Crippen LogP contribution in [0.2, 0.25) is 0 Å². The number of nitrogens with zero attached hydrogens (tertiary/aromatic N) is 3. The van der Waals surface area contributed by atoms with E-state index in [0.717, 1.165) is 15.6 Å². The number of hydrazine groups is 2. The van der Waals surface area contributed by atoms with Crippen LogP contribution in [0.1, 0.15) is 11.1 Å². The van der Waals surface area contributed by atoms with E-state index in [4.69, 9.17) is 21.2 Å². The van der Waals surface area contributed by atoms with Crippen LogP contribution in [0.5, 0.6) is 11.6 Å². The second kappa shape index (κ2) is 9.41. The summed E-state index contributed by atoms with van der Waals surface area (Å²) in [7, 11) is 2.81. The lowest BCUT2D eigenvalue weighted by Crippen LogP contribution is -2.49. The molecule has 0 aliphatic rings. The number of methoxy groups -OCH3 is 1. The SMILES string of the molecule is COc1c(F)cccc1-c1cccc(OCc2c(C)cccc2N(N)C(=O)N(C)N)n1. The number of amides is 2. The topological polar surface area (TPSA) is 107 Å². The maximum atomic E-state index is 14.1. The van der Waals surface area contributed by atoms with Crippen molar-refractivity contribution in [1.82, 2.24) is 9.99 Å². The molecule has 0 spiro atoms.